The minimum Gasteiger partial charge on any atom is -0.507 e. The number of phenols is 2. The number of hydrogen-bond acceptors (Lipinski definition) is 17. The molecule has 0 saturated carbocycles. The standard InChI is InChI=1S/C58H70N8O17/c1-32(2)48(63-40(67)14-5-4-7-23-66-41(68)20-21-42(66)69)54(75)62-37(12-10-22-60-56(59)77)53(74)61-34-18-16-33(17-19-34)31-82-57(78)65-26-24-64(25-27-65)55(76)58(79)29-36-45(39(30-58)83-43-15-6-8-28-81-43)52(73)47-46(50(36)71)49(70)35-11-9-13-38(80-3)44(35)51(47)72/h9,11,13,16-21,32,37,39,43,48,71,73,79H,4-8,10,12,14-15,22-31H2,1-3H3,(H,61,74)(H,62,75)(H,63,67)(H3,59,60,77)/t37-,39-,43-,48-,58-/m0/s1. The van der Waals surface area contributed by atoms with Crippen molar-refractivity contribution in [1.82, 2.24) is 30.7 Å². The maximum Gasteiger partial charge on any atom is 0.410 e. The van der Waals surface area contributed by atoms with Gasteiger partial charge in [-0.25, -0.2) is 9.59 Å². The lowest BCUT2D eigenvalue weighted by atomic mass is 9.72. The Labute approximate surface area is 478 Å². The maximum atomic E-state index is 14.5. The molecule has 3 aromatic rings. The quantitative estimate of drug-likeness (QED) is 0.0318. The molecule has 9 amide bonds. The van der Waals surface area contributed by atoms with E-state index in [9.17, 15) is 63.3 Å². The molecule has 0 unspecified atom stereocenters. The van der Waals surface area contributed by atoms with Crippen LogP contribution in [0.15, 0.2) is 54.6 Å². The molecule has 5 aliphatic rings. The number of aromatic hydroxyl groups is 2. The Morgan fingerprint density at radius 2 is 1.52 bits per heavy atom. The molecule has 0 spiro atoms. The van der Waals surface area contributed by atoms with Gasteiger partial charge in [0.2, 0.25) is 23.5 Å². The predicted molar refractivity (Wildman–Crippen MR) is 294 cm³/mol. The van der Waals surface area contributed by atoms with Crippen molar-refractivity contribution in [3.05, 3.63) is 93.6 Å². The third-order valence-corrected chi connectivity index (χ3v) is 15.4. The summed E-state index contributed by atoms with van der Waals surface area (Å²) in [7, 11) is 1.33. The summed E-state index contributed by atoms with van der Waals surface area (Å²) < 4.78 is 23.2. The first-order chi connectivity index (χ1) is 39.7. The minimum absolute atomic E-state index is 0.0186. The number of ketones is 2. The van der Waals surface area contributed by atoms with Crippen LogP contribution in [0, 0.1) is 5.92 Å². The zero-order valence-corrected chi connectivity index (χ0v) is 46.5. The van der Waals surface area contributed by atoms with Gasteiger partial charge in [-0.1, -0.05) is 44.5 Å². The molecule has 83 heavy (non-hydrogen) atoms. The molecule has 2 fully saturated rings. The second-order valence-electron chi connectivity index (χ2n) is 21.5. The Balaban J connectivity index is 0.848. The first kappa shape index (κ1) is 60.7. The van der Waals surface area contributed by atoms with E-state index in [2.05, 4.69) is 21.3 Å². The fraction of sp³-hybridized carbons (Fsp3) is 0.483. The SMILES string of the molecule is COc1cccc2c1C(=O)c1c(O)c3c(c(O)c1C2=O)C[C@@](O)(C(=O)N1CCN(C(=O)OCc2ccc(NC(=O)[C@H](CCCNC(N)=O)NC(=O)[C@@H](NC(=O)CCCCCN4C(=O)C=CC4=O)C(C)C)cc2)CC1)C[C@@H]3O[C@H]1CCCCO1. The second-order valence-corrected chi connectivity index (χ2v) is 21.5. The minimum atomic E-state index is -2.25. The summed E-state index contributed by atoms with van der Waals surface area (Å²) >= 11 is 0. The van der Waals surface area contributed by atoms with Crippen LogP contribution in [0.3, 0.4) is 0 Å². The van der Waals surface area contributed by atoms with Gasteiger partial charge in [-0.3, -0.25) is 43.3 Å². The van der Waals surface area contributed by atoms with Crippen molar-refractivity contribution < 1.29 is 82.2 Å². The molecule has 25 nitrogen and oxygen atoms in total. The lowest BCUT2D eigenvalue weighted by molar-refractivity contribution is -0.206. The van der Waals surface area contributed by atoms with Gasteiger partial charge in [0.25, 0.3) is 17.7 Å². The Morgan fingerprint density at radius 1 is 0.819 bits per heavy atom. The van der Waals surface area contributed by atoms with E-state index in [1.807, 2.05) is 0 Å². The van der Waals surface area contributed by atoms with E-state index in [-0.39, 0.29) is 111 Å². The van der Waals surface area contributed by atoms with Crippen LogP contribution in [0.2, 0.25) is 0 Å². The molecular formula is C58H70N8O17. The number of piperazine rings is 1. The lowest BCUT2D eigenvalue weighted by Gasteiger charge is -2.43. The normalized spacial score (nSPS) is 20.0. The molecule has 0 bridgehead atoms. The summed E-state index contributed by atoms with van der Waals surface area (Å²) in [5.41, 5.74) is 2.61. The number of primary amides is 1. The highest BCUT2D eigenvalue weighted by molar-refractivity contribution is 6.31. The number of ether oxygens (including phenoxy) is 4. The highest BCUT2D eigenvalue weighted by atomic mass is 16.7. The monoisotopic (exact) mass is 1150 g/mol. The molecule has 9 N–H and O–H groups in total. The largest absolute Gasteiger partial charge is 0.507 e. The molecule has 0 aromatic heterocycles. The number of aliphatic hydroxyl groups is 1. The molecule has 3 heterocycles. The zero-order chi connectivity index (χ0) is 59.7. The number of benzene rings is 3. The van der Waals surface area contributed by atoms with Crippen molar-refractivity contribution in [3.63, 3.8) is 0 Å². The molecule has 2 saturated heterocycles. The second kappa shape index (κ2) is 26.7. The van der Waals surface area contributed by atoms with E-state index >= 15 is 0 Å². The van der Waals surface area contributed by atoms with Gasteiger partial charge in [-0.15, -0.1) is 0 Å². The number of unbranched alkanes of at least 4 members (excludes halogenated alkanes) is 2. The Bertz CT molecular complexity index is 3040. The van der Waals surface area contributed by atoms with Crippen LogP contribution in [-0.4, -0.2) is 166 Å². The number of rotatable bonds is 22. The number of amides is 9. The summed E-state index contributed by atoms with van der Waals surface area (Å²) in [5.74, 6) is -6.20. The molecule has 3 aliphatic heterocycles. The molecular weight excluding hydrogens is 1080 g/mol. The predicted octanol–water partition coefficient (Wildman–Crippen LogP) is 3.12. The number of hydrogen-bond donors (Lipinski definition) is 8. The number of nitrogens with two attached hydrogens (primary N) is 1. The van der Waals surface area contributed by atoms with Crippen molar-refractivity contribution in [1.29, 1.82) is 0 Å². The van der Waals surface area contributed by atoms with Crippen molar-refractivity contribution in [3.8, 4) is 17.2 Å². The number of anilines is 1. The number of imide groups is 1. The molecule has 3 aromatic carbocycles. The highest BCUT2D eigenvalue weighted by Crippen LogP contribution is 2.52. The third-order valence-electron chi connectivity index (χ3n) is 15.4. The van der Waals surface area contributed by atoms with Crippen LogP contribution in [0.5, 0.6) is 17.2 Å². The number of nitrogens with one attached hydrogen (secondary N) is 4. The van der Waals surface area contributed by atoms with Gasteiger partial charge in [-0.05, 0) is 74.6 Å². The van der Waals surface area contributed by atoms with Crippen LogP contribution in [0.25, 0.3) is 0 Å². The molecule has 2 aliphatic carbocycles. The summed E-state index contributed by atoms with van der Waals surface area (Å²) in [4.78, 5) is 135. The topological polar surface area (TPSA) is 352 Å². The molecule has 5 atom stereocenters. The Hall–Kier alpha value is -8.42. The number of carbonyl (C=O) groups is 10. The number of urea groups is 1. The van der Waals surface area contributed by atoms with E-state index in [0.717, 1.165) is 17.7 Å². The molecule has 25 heteroatoms. The summed E-state index contributed by atoms with van der Waals surface area (Å²) in [6.07, 6.45) is 2.58. The number of nitrogens with zero attached hydrogens (tertiary/aromatic N) is 3. The fourth-order valence-corrected chi connectivity index (χ4v) is 10.9. The van der Waals surface area contributed by atoms with E-state index in [1.165, 1.54) is 47.3 Å². The Morgan fingerprint density at radius 3 is 2.18 bits per heavy atom. The van der Waals surface area contributed by atoms with Crippen molar-refractivity contribution in [2.75, 3.05) is 58.3 Å². The fourth-order valence-electron chi connectivity index (χ4n) is 10.9. The smallest absolute Gasteiger partial charge is 0.410 e. The van der Waals surface area contributed by atoms with E-state index < -0.39 is 113 Å². The van der Waals surface area contributed by atoms with E-state index in [1.54, 1.807) is 38.1 Å². The van der Waals surface area contributed by atoms with Crippen LogP contribution in [0.1, 0.15) is 133 Å². The summed E-state index contributed by atoms with van der Waals surface area (Å²) in [6.45, 7) is 4.03. The van der Waals surface area contributed by atoms with Crippen LogP contribution in [-0.2, 0) is 56.0 Å². The van der Waals surface area contributed by atoms with Crippen LogP contribution >= 0.6 is 0 Å². The lowest BCUT2D eigenvalue weighted by Crippen LogP contribution is -2.58. The summed E-state index contributed by atoms with van der Waals surface area (Å²) in [5, 5.41) is 46.9. The van der Waals surface area contributed by atoms with E-state index in [0.29, 0.717) is 43.5 Å². The van der Waals surface area contributed by atoms with Gasteiger partial charge in [0.15, 0.2) is 12.1 Å². The number of methoxy groups -OCH3 is 1. The maximum absolute atomic E-state index is 14.5. The molecule has 8 rings (SSSR count). The number of carbonyl (C=O) groups excluding carboxylic acids is 10. The summed E-state index contributed by atoms with van der Waals surface area (Å²) in [6, 6.07) is 7.93. The average Bonchev–Trinajstić information content (AvgIpc) is 3.98. The van der Waals surface area contributed by atoms with Gasteiger partial charge in [0.1, 0.15) is 41.5 Å². The zero-order valence-electron chi connectivity index (χ0n) is 46.5. The third kappa shape index (κ3) is 13.9. The van der Waals surface area contributed by atoms with Gasteiger partial charge < -0.3 is 71.1 Å². The Kier molecular flexibility index (Phi) is 19.5. The number of phenolic OH excluding ortho intramolecular Hbond substituents is 2. The van der Waals surface area contributed by atoms with Gasteiger partial charge in [-0.2, -0.15) is 0 Å². The van der Waals surface area contributed by atoms with Gasteiger partial charge in [0, 0.05) is 99.7 Å². The van der Waals surface area contributed by atoms with Crippen molar-refractivity contribution in [2.24, 2.45) is 11.7 Å². The molecule has 444 valence electrons. The van der Waals surface area contributed by atoms with Crippen LogP contribution in [0.4, 0.5) is 15.3 Å². The average molecular weight is 1150 g/mol. The highest BCUT2D eigenvalue weighted by Gasteiger charge is 2.51. The van der Waals surface area contributed by atoms with Gasteiger partial charge in [0.05, 0.1) is 29.9 Å². The van der Waals surface area contributed by atoms with Crippen molar-refractivity contribution >= 4 is 64.8 Å². The first-order valence-corrected chi connectivity index (χ1v) is 27.8. The van der Waals surface area contributed by atoms with Crippen LogP contribution < -0.4 is 31.7 Å². The number of fused-ring (bicyclic) bond motifs is 3. The van der Waals surface area contributed by atoms with E-state index in [4.69, 9.17) is 24.7 Å². The molecule has 0 radical (unpaired) electrons. The first-order valence-electron chi connectivity index (χ1n) is 27.8. The van der Waals surface area contributed by atoms with Crippen molar-refractivity contribution in [2.45, 2.75) is 121 Å². The van der Waals surface area contributed by atoms with Gasteiger partial charge >= 0.3 is 12.1 Å².